The topological polar surface area (TPSA) is 92.2 Å². The zero-order valence-corrected chi connectivity index (χ0v) is 10.3. The molecule has 2 rings (SSSR count). The predicted octanol–water partition coefficient (Wildman–Crippen LogP) is 2.08. The first-order valence-electron chi connectivity index (χ1n) is 5.18. The second-order valence-corrected chi connectivity index (χ2v) is 3.98. The van der Waals surface area contributed by atoms with Crippen LogP contribution in [-0.4, -0.2) is 27.0 Å². The Bertz CT molecular complexity index is 646. The van der Waals surface area contributed by atoms with E-state index in [9.17, 15) is 9.59 Å². The van der Waals surface area contributed by atoms with Gasteiger partial charge in [-0.3, -0.25) is 9.78 Å². The molecule has 6 nitrogen and oxygen atoms in total. The van der Waals surface area contributed by atoms with Gasteiger partial charge in [0.05, 0.1) is 5.56 Å². The van der Waals surface area contributed by atoms with Crippen molar-refractivity contribution in [1.82, 2.24) is 9.97 Å². The SMILES string of the molecule is O=C(O)c1ccnc(NC(=O)c2cc(Cl)ccn2)c1. The number of hydrogen-bond acceptors (Lipinski definition) is 4. The third-order valence-corrected chi connectivity index (χ3v) is 2.44. The van der Waals surface area contributed by atoms with E-state index in [2.05, 4.69) is 15.3 Å². The van der Waals surface area contributed by atoms with E-state index in [0.717, 1.165) is 0 Å². The molecule has 2 aromatic heterocycles. The van der Waals surface area contributed by atoms with Gasteiger partial charge in [-0.1, -0.05) is 11.6 Å². The van der Waals surface area contributed by atoms with Gasteiger partial charge in [-0.2, -0.15) is 0 Å². The smallest absolute Gasteiger partial charge is 0.335 e. The lowest BCUT2D eigenvalue weighted by atomic mass is 10.2. The van der Waals surface area contributed by atoms with Crippen molar-refractivity contribution in [3.63, 3.8) is 0 Å². The average molecular weight is 278 g/mol. The van der Waals surface area contributed by atoms with Gasteiger partial charge >= 0.3 is 5.97 Å². The number of carboxylic acid groups (broad SMARTS) is 1. The molecule has 0 radical (unpaired) electrons. The number of carbonyl (C=O) groups excluding carboxylic acids is 1. The monoisotopic (exact) mass is 277 g/mol. The van der Waals surface area contributed by atoms with E-state index in [1.165, 1.54) is 30.6 Å². The lowest BCUT2D eigenvalue weighted by molar-refractivity contribution is 0.0696. The van der Waals surface area contributed by atoms with E-state index in [1.807, 2.05) is 0 Å². The highest BCUT2D eigenvalue weighted by atomic mass is 35.5. The van der Waals surface area contributed by atoms with E-state index in [-0.39, 0.29) is 17.1 Å². The summed E-state index contributed by atoms with van der Waals surface area (Å²) in [4.78, 5) is 30.3. The molecule has 0 atom stereocenters. The first-order valence-corrected chi connectivity index (χ1v) is 5.56. The van der Waals surface area contributed by atoms with E-state index in [0.29, 0.717) is 5.02 Å². The van der Waals surface area contributed by atoms with Crippen LogP contribution in [0.1, 0.15) is 20.8 Å². The number of carboxylic acids is 1. The molecule has 0 saturated carbocycles. The summed E-state index contributed by atoms with van der Waals surface area (Å²) in [7, 11) is 0. The van der Waals surface area contributed by atoms with Crippen LogP contribution in [0.5, 0.6) is 0 Å². The van der Waals surface area contributed by atoms with E-state index >= 15 is 0 Å². The third kappa shape index (κ3) is 3.26. The number of anilines is 1. The fourth-order valence-electron chi connectivity index (χ4n) is 1.34. The Morgan fingerprint density at radius 2 is 1.89 bits per heavy atom. The number of hydrogen-bond donors (Lipinski definition) is 2. The minimum atomic E-state index is -1.10. The van der Waals surface area contributed by atoms with Crippen molar-refractivity contribution in [2.45, 2.75) is 0 Å². The molecule has 0 aliphatic rings. The molecule has 0 bridgehead atoms. The van der Waals surface area contributed by atoms with Gasteiger partial charge in [-0.25, -0.2) is 9.78 Å². The van der Waals surface area contributed by atoms with E-state index in [4.69, 9.17) is 16.7 Å². The van der Waals surface area contributed by atoms with E-state index in [1.54, 1.807) is 6.07 Å². The average Bonchev–Trinajstić information content (AvgIpc) is 2.39. The van der Waals surface area contributed by atoms with Crippen molar-refractivity contribution in [3.05, 3.63) is 52.9 Å². The quantitative estimate of drug-likeness (QED) is 0.896. The second-order valence-electron chi connectivity index (χ2n) is 3.55. The molecule has 0 fully saturated rings. The standard InChI is InChI=1S/C12H8ClN3O3/c13-8-2-4-14-9(6-8)11(17)16-10-5-7(12(18)19)1-3-15-10/h1-6H,(H,18,19)(H,15,16,17). The molecule has 2 heterocycles. The van der Waals surface area contributed by atoms with Gasteiger partial charge in [0.1, 0.15) is 11.5 Å². The highest BCUT2D eigenvalue weighted by Gasteiger charge is 2.10. The van der Waals surface area contributed by atoms with Crippen molar-refractivity contribution in [2.24, 2.45) is 0 Å². The highest BCUT2D eigenvalue weighted by Crippen LogP contribution is 2.11. The lowest BCUT2D eigenvalue weighted by Gasteiger charge is -2.04. The summed E-state index contributed by atoms with van der Waals surface area (Å²) >= 11 is 5.75. The summed E-state index contributed by atoms with van der Waals surface area (Å²) in [5, 5.41) is 11.7. The maximum absolute atomic E-state index is 11.8. The number of aromatic nitrogens is 2. The Labute approximate surface area is 113 Å². The van der Waals surface area contributed by atoms with Gasteiger partial charge in [-0.15, -0.1) is 0 Å². The molecule has 7 heteroatoms. The summed E-state index contributed by atoms with van der Waals surface area (Å²) in [5.41, 5.74) is 0.152. The van der Waals surface area contributed by atoms with Crippen LogP contribution in [0.3, 0.4) is 0 Å². The van der Waals surface area contributed by atoms with Gasteiger partial charge in [0, 0.05) is 17.4 Å². The minimum Gasteiger partial charge on any atom is -0.478 e. The first kappa shape index (κ1) is 13.0. The van der Waals surface area contributed by atoms with Crippen molar-refractivity contribution in [1.29, 1.82) is 0 Å². The van der Waals surface area contributed by atoms with Crippen LogP contribution >= 0.6 is 11.6 Å². The summed E-state index contributed by atoms with van der Waals surface area (Å²) in [5.74, 6) is -1.48. The van der Waals surface area contributed by atoms with Crippen LogP contribution in [-0.2, 0) is 0 Å². The van der Waals surface area contributed by atoms with Crippen molar-refractivity contribution in [2.75, 3.05) is 5.32 Å². The molecular formula is C12H8ClN3O3. The summed E-state index contributed by atoms with van der Waals surface area (Å²) in [6.07, 6.45) is 2.70. The van der Waals surface area contributed by atoms with Crippen LogP contribution in [0, 0.1) is 0 Å². The maximum atomic E-state index is 11.8. The molecule has 2 N–H and O–H groups in total. The predicted molar refractivity (Wildman–Crippen MR) is 68.4 cm³/mol. The van der Waals surface area contributed by atoms with Gasteiger partial charge < -0.3 is 10.4 Å². The fraction of sp³-hybridized carbons (Fsp3) is 0. The number of nitrogens with one attached hydrogen (secondary N) is 1. The Hall–Kier alpha value is -2.47. The number of carbonyl (C=O) groups is 2. The molecular weight excluding hydrogens is 270 g/mol. The van der Waals surface area contributed by atoms with Crippen molar-refractivity contribution >= 4 is 29.3 Å². The normalized spacial score (nSPS) is 9.95. The zero-order chi connectivity index (χ0) is 13.8. The maximum Gasteiger partial charge on any atom is 0.335 e. The second kappa shape index (κ2) is 5.45. The minimum absolute atomic E-state index is 0.0318. The molecule has 0 spiro atoms. The molecule has 0 aliphatic heterocycles. The van der Waals surface area contributed by atoms with Crippen LogP contribution < -0.4 is 5.32 Å². The Morgan fingerprint density at radius 1 is 1.16 bits per heavy atom. The Morgan fingerprint density at radius 3 is 2.58 bits per heavy atom. The molecule has 1 amide bonds. The van der Waals surface area contributed by atoms with Crippen molar-refractivity contribution in [3.8, 4) is 0 Å². The number of aromatic carboxylic acids is 1. The van der Waals surface area contributed by atoms with Crippen LogP contribution in [0.15, 0.2) is 36.7 Å². The Balaban J connectivity index is 2.19. The Kier molecular flexibility index (Phi) is 3.72. The van der Waals surface area contributed by atoms with E-state index < -0.39 is 11.9 Å². The van der Waals surface area contributed by atoms with Crippen molar-refractivity contribution < 1.29 is 14.7 Å². The summed E-state index contributed by atoms with van der Waals surface area (Å²) < 4.78 is 0. The number of nitrogens with zero attached hydrogens (tertiary/aromatic N) is 2. The summed E-state index contributed by atoms with van der Waals surface area (Å²) in [6.45, 7) is 0. The summed E-state index contributed by atoms with van der Waals surface area (Å²) in [6, 6.07) is 5.53. The number of amides is 1. The molecule has 2 aromatic rings. The highest BCUT2D eigenvalue weighted by molar-refractivity contribution is 6.30. The van der Waals surface area contributed by atoms with Gasteiger partial charge in [-0.05, 0) is 24.3 Å². The molecule has 96 valence electrons. The first-order chi connectivity index (χ1) is 9.06. The zero-order valence-electron chi connectivity index (χ0n) is 9.50. The lowest BCUT2D eigenvalue weighted by Crippen LogP contribution is -2.15. The van der Waals surface area contributed by atoms with Gasteiger partial charge in [0.2, 0.25) is 0 Å². The molecule has 0 saturated heterocycles. The number of rotatable bonds is 3. The largest absolute Gasteiger partial charge is 0.478 e. The van der Waals surface area contributed by atoms with Gasteiger partial charge in [0.25, 0.3) is 5.91 Å². The van der Waals surface area contributed by atoms with Crippen LogP contribution in [0.2, 0.25) is 5.02 Å². The molecule has 19 heavy (non-hydrogen) atoms. The number of pyridine rings is 2. The number of halogens is 1. The van der Waals surface area contributed by atoms with Crippen LogP contribution in [0.4, 0.5) is 5.82 Å². The fourth-order valence-corrected chi connectivity index (χ4v) is 1.50. The van der Waals surface area contributed by atoms with Crippen LogP contribution in [0.25, 0.3) is 0 Å². The van der Waals surface area contributed by atoms with Gasteiger partial charge in [0.15, 0.2) is 0 Å². The molecule has 0 unspecified atom stereocenters. The molecule has 0 aromatic carbocycles. The molecule has 0 aliphatic carbocycles. The third-order valence-electron chi connectivity index (χ3n) is 2.20.